The lowest BCUT2D eigenvalue weighted by atomic mass is 10.1. The van der Waals surface area contributed by atoms with Crippen LogP contribution in [0.25, 0.3) is 0 Å². The molecule has 23 heavy (non-hydrogen) atoms. The Morgan fingerprint density at radius 2 is 1.91 bits per heavy atom. The molecule has 0 fully saturated rings. The Morgan fingerprint density at radius 1 is 1.09 bits per heavy atom. The van der Waals surface area contributed by atoms with Gasteiger partial charge in [-0.1, -0.05) is 62.6 Å². The second-order valence-electron chi connectivity index (χ2n) is 5.50. The van der Waals surface area contributed by atoms with E-state index in [2.05, 4.69) is 25.2 Å². The quantitative estimate of drug-likeness (QED) is 0.251. The first kappa shape index (κ1) is 22.0. The number of allylic oxidation sites excluding steroid dienone is 4. The molecule has 0 heterocycles. The molecule has 0 spiro atoms. The van der Waals surface area contributed by atoms with Gasteiger partial charge in [-0.3, -0.25) is 4.79 Å². The van der Waals surface area contributed by atoms with Crippen LogP contribution in [-0.4, -0.2) is 33.8 Å². The molecule has 1 unspecified atom stereocenters. The molecule has 0 aromatic rings. The third kappa shape index (κ3) is 19.0. The van der Waals surface area contributed by atoms with Gasteiger partial charge in [-0.25, -0.2) is 0 Å². The van der Waals surface area contributed by atoms with Gasteiger partial charge in [0, 0.05) is 12.2 Å². The lowest BCUT2D eigenvalue weighted by Crippen LogP contribution is -2.00. The van der Waals surface area contributed by atoms with Crippen molar-refractivity contribution in [2.75, 3.05) is 11.5 Å². The second kappa shape index (κ2) is 17.4. The van der Waals surface area contributed by atoms with E-state index in [0.29, 0.717) is 0 Å². The molecule has 0 bridgehead atoms. The average Bonchev–Trinajstić information content (AvgIpc) is 2.51. The first-order chi connectivity index (χ1) is 11.2. The first-order valence-electron chi connectivity index (χ1n) is 8.62. The highest BCUT2D eigenvalue weighted by Gasteiger charge is 1.96. The van der Waals surface area contributed by atoms with E-state index in [1.54, 1.807) is 0 Å². The van der Waals surface area contributed by atoms with E-state index in [1.807, 2.05) is 30.0 Å². The van der Waals surface area contributed by atoms with Crippen LogP contribution in [0.1, 0.15) is 58.3 Å². The summed E-state index contributed by atoms with van der Waals surface area (Å²) >= 11 is 1.87. The summed E-state index contributed by atoms with van der Waals surface area (Å²) < 4.78 is 0. The minimum Gasteiger partial charge on any atom is -0.481 e. The van der Waals surface area contributed by atoms with Crippen LogP contribution in [-0.2, 0) is 4.79 Å². The Bertz CT molecular complexity index is 362. The Hall–Kier alpha value is -1.00. The third-order valence-corrected chi connectivity index (χ3v) is 4.21. The Labute approximate surface area is 145 Å². The van der Waals surface area contributed by atoms with Crippen LogP contribution in [0.4, 0.5) is 0 Å². The molecule has 0 aliphatic carbocycles. The maximum Gasteiger partial charge on any atom is 0.303 e. The van der Waals surface area contributed by atoms with Crippen molar-refractivity contribution in [3.8, 4) is 0 Å². The third-order valence-electron chi connectivity index (χ3n) is 3.25. The Morgan fingerprint density at radius 3 is 2.65 bits per heavy atom. The predicted molar refractivity (Wildman–Crippen MR) is 101 cm³/mol. The summed E-state index contributed by atoms with van der Waals surface area (Å²) in [5, 5.41) is 18.2. The molecule has 0 aliphatic rings. The van der Waals surface area contributed by atoms with Crippen molar-refractivity contribution in [2.24, 2.45) is 0 Å². The van der Waals surface area contributed by atoms with Gasteiger partial charge < -0.3 is 10.2 Å². The molecule has 2 N–H and O–H groups in total. The second-order valence-corrected chi connectivity index (χ2v) is 6.65. The van der Waals surface area contributed by atoms with Crippen molar-refractivity contribution in [3.63, 3.8) is 0 Å². The number of aliphatic hydroxyl groups is 1. The van der Waals surface area contributed by atoms with Crippen molar-refractivity contribution < 1.29 is 15.0 Å². The van der Waals surface area contributed by atoms with Crippen molar-refractivity contribution in [1.82, 2.24) is 0 Å². The van der Waals surface area contributed by atoms with E-state index in [4.69, 9.17) is 5.11 Å². The van der Waals surface area contributed by atoms with Crippen molar-refractivity contribution in [1.29, 1.82) is 0 Å². The number of aliphatic carboxylic acids is 1. The summed E-state index contributed by atoms with van der Waals surface area (Å²) in [7, 11) is 0. The van der Waals surface area contributed by atoms with Crippen LogP contribution in [0.15, 0.2) is 36.5 Å². The van der Waals surface area contributed by atoms with Crippen LogP contribution in [0.2, 0.25) is 0 Å². The summed E-state index contributed by atoms with van der Waals surface area (Å²) in [6.07, 6.45) is 18.9. The topological polar surface area (TPSA) is 57.5 Å². The number of aliphatic hydroxyl groups excluding tert-OH is 1. The zero-order valence-electron chi connectivity index (χ0n) is 14.3. The predicted octanol–water partition coefficient (Wildman–Crippen LogP) is 4.97. The fraction of sp³-hybridized carbons (Fsp3) is 0.632. The first-order valence-corrected chi connectivity index (χ1v) is 9.78. The van der Waals surface area contributed by atoms with Gasteiger partial charge in [-0.2, -0.15) is 11.8 Å². The molecule has 0 radical (unpaired) electrons. The summed E-state index contributed by atoms with van der Waals surface area (Å²) in [6, 6.07) is 0. The van der Waals surface area contributed by atoms with Crippen molar-refractivity contribution in [2.45, 2.75) is 64.4 Å². The number of carboxylic acids is 1. The van der Waals surface area contributed by atoms with Crippen LogP contribution in [0, 0.1) is 0 Å². The van der Waals surface area contributed by atoms with Gasteiger partial charge in [0.1, 0.15) is 0 Å². The normalized spacial score (nSPS) is 13.5. The summed E-state index contributed by atoms with van der Waals surface area (Å²) in [5.74, 6) is 1.33. The van der Waals surface area contributed by atoms with Crippen LogP contribution in [0.5, 0.6) is 0 Å². The fourth-order valence-electron chi connectivity index (χ4n) is 1.93. The van der Waals surface area contributed by atoms with Gasteiger partial charge in [-0.05, 0) is 31.4 Å². The number of carbonyl (C=O) groups is 1. The lowest BCUT2D eigenvalue weighted by Gasteiger charge is -2.03. The highest BCUT2D eigenvalue weighted by molar-refractivity contribution is 7.99. The molecule has 4 heteroatoms. The zero-order chi connectivity index (χ0) is 17.2. The molecule has 0 saturated carbocycles. The average molecular weight is 341 g/mol. The number of rotatable bonds is 15. The zero-order valence-corrected chi connectivity index (χ0v) is 15.1. The van der Waals surface area contributed by atoms with E-state index >= 15 is 0 Å². The van der Waals surface area contributed by atoms with Crippen molar-refractivity contribution >= 4 is 17.7 Å². The number of carboxylic acid groups (broad SMARTS) is 1. The van der Waals surface area contributed by atoms with E-state index < -0.39 is 5.97 Å². The molecule has 0 aliphatic heterocycles. The van der Waals surface area contributed by atoms with Gasteiger partial charge in [-0.15, -0.1) is 0 Å². The van der Waals surface area contributed by atoms with E-state index in [-0.39, 0.29) is 12.5 Å². The minimum absolute atomic E-state index is 0.253. The number of hydrogen-bond acceptors (Lipinski definition) is 3. The molecule has 0 saturated heterocycles. The van der Waals surface area contributed by atoms with E-state index in [0.717, 1.165) is 43.6 Å². The molecular formula is C19H32O3S. The summed E-state index contributed by atoms with van der Waals surface area (Å²) in [5.41, 5.74) is 0. The molecule has 0 rings (SSSR count). The number of hydrogen-bond donors (Lipinski definition) is 2. The van der Waals surface area contributed by atoms with Gasteiger partial charge in [0.15, 0.2) is 0 Å². The Kier molecular flexibility index (Phi) is 16.6. The summed E-state index contributed by atoms with van der Waals surface area (Å²) in [6.45, 7) is 2.16. The number of thioether (sulfide) groups is 1. The highest BCUT2D eigenvalue weighted by Crippen LogP contribution is 2.06. The minimum atomic E-state index is -0.720. The molecule has 0 aromatic carbocycles. The molecule has 0 aromatic heterocycles. The molecule has 0 amide bonds. The lowest BCUT2D eigenvalue weighted by molar-refractivity contribution is -0.137. The molecule has 3 nitrogen and oxygen atoms in total. The van der Waals surface area contributed by atoms with Gasteiger partial charge >= 0.3 is 5.97 Å². The van der Waals surface area contributed by atoms with Crippen LogP contribution >= 0.6 is 11.8 Å². The number of unbranched alkanes of at least 4 members (excludes halogenated alkanes) is 3. The Balaban J connectivity index is 3.43. The van der Waals surface area contributed by atoms with Gasteiger partial charge in [0.2, 0.25) is 0 Å². The maximum absolute atomic E-state index is 10.3. The highest BCUT2D eigenvalue weighted by atomic mass is 32.2. The molecular weight excluding hydrogens is 308 g/mol. The molecule has 132 valence electrons. The van der Waals surface area contributed by atoms with E-state index in [9.17, 15) is 9.90 Å². The van der Waals surface area contributed by atoms with Gasteiger partial charge in [0.05, 0.1) is 6.10 Å². The van der Waals surface area contributed by atoms with Crippen LogP contribution < -0.4 is 0 Å². The van der Waals surface area contributed by atoms with Crippen molar-refractivity contribution in [3.05, 3.63) is 36.5 Å². The largest absolute Gasteiger partial charge is 0.481 e. The monoisotopic (exact) mass is 340 g/mol. The fourth-order valence-corrected chi connectivity index (χ4v) is 2.67. The summed E-state index contributed by atoms with van der Waals surface area (Å²) in [4.78, 5) is 10.3. The maximum atomic E-state index is 10.3. The smallest absolute Gasteiger partial charge is 0.303 e. The SMILES string of the molecule is CCCCCC(O)/C=C/C=C/CCSC/C=C/CCCC(=O)O. The van der Waals surface area contributed by atoms with E-state index in [1.165, 1.54) is 12.8 Å². The standard InChI is InChI=1S/C19H32O3S/c1-2-3-8-13-18(20)14-9-4-6-11-16-23-17-12-7-5-10-15-19(21)22/h4,6-7,9,12,14,18,20H,2-3,5,8,10-11,13,15-17H2,1H3,(H,21,22)/b6-4+,12-7+,14-9+. The molecule has 1 atom stereocenters. The van der Waals surface area contributed by atoms with Crippen LogP contribution in [0.3, 0.4) is 0 Å². The van der Waals surface area contributed by atoms with Gasteiger partial charge in [0.25, 0.3) is 0 Å².